The van der Waals surface area contributed by atoms with Crippen molar-refractivity contribution in [2.75, 3.05) is 0 Å². The topological polar surface area (TPSA) is 32.3 Å². The number of phenolic OH excluding ortho intramolecular Hbond substituents is 1. The van der Waals surface area contributed by atoms with Crippen LogP contribution < -0.4 is 5.32 Å². The summed E-state index contributed by atoms with van der Waals surface area (Å²) in [6, 6.07) is 4.58. The van der Waals surface area contributed by atoms with Gasteiger partial charge in [-0.25, -0.2) is 0 Å². The molecule has 1 aromatic carbocycles. The zero-order valence-corrected chi connectivity index (χ0v) is 16.0. The minimum atomic E-state index is 0.270. The molecule has 0 radical (unpaired) electrons. The Morgan fingerprint density at radius 1 is 1.24 bits per heavy atom. The van der Waals surface area contributed by atoms with Crippen LogP contribution in [-0.2, 0) is 6.54 Å². The number of phenols is 1. The van der Waals surface area contributed by atoms with E-state index in [0.29, 0.717) is 16.9 Å². The molecule has 2 nitrogen and oxygen atoms in total. The maximum absolute atomic E-state index is 9.79. The zero-order valence-electron chi connectivity index (χ0n) is 12.8. The fraction of sp³-hybridized carbons (Fsp3) is 0.647. The maximum atomic E-state index is 9.79. The Morgan fingerprint density at radius 2 is 1.86 bits per heavy atom. The fourth-order valence-corrected chi connectivity index (χ4v) is 5.75. The average molecular weight is 417 g/mol. The van der Waals surface area contributed by atoms with E-state index in [9.17, 15) is 5.11 Å². The first-order valence-electron chi connectivity index (χ1n) is 7.66. The van der Waals surface area contributed by atoms with Gasteiger partial charge in [0, 0.05) is 12.6 Å². The number of fused-ring (bicyclic) bond motifs is 2. The Kier molecular flexibility index (Phi) is 3.95. The fourth-order valence-electron chi connectivity index (χ4n) is 4.47. The number of nitrogens with one attached hydrogen (secondary N) is 1. The van der Waals surface area contributed by atoms with Crippen LogP contribution in [-0.4, -0.2) is 11.1 Å². The van der Waals surface area contributed by atoms with Gasteiger partial charge in [0.05, 0.1) is 8.95 Å². The molecule has 116 valence electrons. The number of hydrogen-bond donors (Lipinski definition) is 2. The van der Waals surface area contributed by atoms with E-state index in [2.05, 4.69) is 57.9 Å². The largest absolute Gasteiger partial charge is 0.506 e. The number of halogens is 2. The van der Waals surface area contributed by atoms with Crippen molar-refractivity contribution in [3.8, 4) is 5.75 Å². The molecule has 3 rings (SSSR count). The second-order valence-corrected chi connectivity index (χ2v) is 9.16. The standard InChI is InChI=1S/C17H23Br2NO/c1-16(2)11-4-5-17(16,3)14(8-11)20-9-10-6-12(18)15(21)13(19)7-10/h6-7,11,14,20-21H,4-5,8-9H2,1-3H3. The van der Waals surface area contributed by atoms with Gasteiger partial charge in [-0.2, -0.15) is 0 Å². The molecule has 0 amide bonds. The molecule has 2 saturated carbocycles. The minimum absolute atomic E-state index is 0.270. The predicted molar refractivity (Wildman–Crippen MR) is 93.4 cm³/mol. The summed E-state index contributed by atoms with van der Waals surface area (Å²) >= 11 is 6.81. The zero-order chi connectivity index (χ0) is 15.4. The van der Waals surface area contributed by atoms with Gasteiger partial charge in [-0.1, -0.05) is 20.8 Å². The molecule has 2 aliphatic carbocycles. The van der Waals surface area contributed by atoms with Crippen LogP contribution >= 0.6 is 31.9 Å². The molecule has 1 aromatic rings. The smallest absolute Gasteiger partial charge is 0.143 e. The second kappa shape index (κ2) is 5.24. The predicted octanol–water partition coefficient (Wildman–Crippen LogP) is 5.22. The lowest BCUT2D eigenvalue weighted by molar-refractivity contribution is 0.120. The Morgan fingerprint density at radius 3 is 2.33 bits per heavy atom. The summed E-state index contributed by atoms with van der Waals surface area (Å²) in [6.07, 6.45) is 4.02. The molecular weight excluding hydrogens is 394 g/mol. The van der Waals surface area contributed by atoms with Gasteiger partial charge in [0.1, 0.15) is 5.75 Å². The Balaban J connectivity index is 1.72. The molecular formula is C17H23Br2NO. The number of hydrogen-bond acceptors (Lipinski definition) is 2. The van der Waals surface area contributed by atoms with E-state index in [0.717, 1.165) is 21.4 Å². The van der Waals surface area contributed by atoms with Crippen LogP contribution in [0.5, 0.6) is 5.75 Å². The highest BCUT2D eigenvalue weighted by molar-refractivity contribution is 9.11. The van der Waals surface area contributed by atoms with Crippen LogP contribution in [0.3, 0.4) is 0 Å². The van der Waals surface area contributed by atoms with Gasteiger partial charge in [-0.05, 0) is 85.6 Å². The van der Waals surface area contributed by atoms with Crippen LogP contribution in [0.4, 0.5) is 0 Å². The van der Waals surface area contributed by atoms with Crippen LogP contribution in [0.2, 0.25) is 0 Å². The Bertz CT molecular complexity index is 549. The second-order valence-electron chi connectivity index (χ2n) is 7.45. The highest BCUT2D eigenvalue weighted by atomic mass is 79.9. The molecule has 3 atom stereocenters. The van der Waals surface area contributed by atoms with Gasteiger partial charge in [0.25, 0.3) is 0 Å². The van der Waals surface area contributed by atoms with E-state index in [1.54, 1.807) is 0 Å². The molecule has 0 aromatic heterocycles. The molecule has 0 saturated heterocycles. The van der Waals surface area contributed by atoms with Gasteiger partial charge in [-0.15, -0.1) is 0 Å². The van der Waals surface area contributed by atoms with Crippen molar-refractivity contribution in [1.82, 2.24) is 5.32 Å². The molecule has 3 unspecified atom stereocenters. The number of benzene rings is 1. The lowest BCUT2D eigenvalue weighted by atomic mass is 9.69. The van der Waals surface area contributed by atoms with Crippen molar-refractivity contribution in [3.05, 3.63) is 26.6 Å². The lowest BCUT2D eigenvalue weighted by Crippen LogP contribution is -2.44. The molecule has 2 N–H and O–H groups in total. The van der Waals surface area contributed by atoms with E-state index in [1.165, 1.54) is 24.8 Å². The molecule has 21 heavy (non-hydrogen) atoms. The molecule has 2 bridgehead atoms. The minimum Gasteiger partial charge on any atom is -0.506 e. The van der Waals surface area contributed by atoms with Crippen LogP contribution in [0, 0.1) is 16.7 Å². The average Bonchev–Trinajstić information content (AvgIpc) is 2.75. The third-order valence-electron chi connectivity index (χ3n) is 6.42. The van der Waals surface area contributed by atoms with E-state index in [1.807, 2.05) is 12.1 Å². The van der Waals surface area contributed by atoms with Gasteiger partial charge in [0.2, 0.25) is 0 Å². The van der Waals surface area contributed by atoms with Crippen LogP contribution in [0.25, 0.3) is 0 Å². The monoisotopic (exact) mass is 415 g/mol. The normalized spacial score (nSPS) is 33.6. The van der Waals surface area contributed by atoms with Crippen molar-refractivity contribution in [2.45, 2.75) is 52.6 Å². The highest BCUT2D eigenvalue weighted by Gasteiger charge is 2.60. The van der Waals surface area contributed by atoms with Crippen molar-refractivity contribution in [1.29, 1.82) is 0 Å². The summed E-state index contributed by atoms with van der Waals surface area (Å²) in [4.78, 5) is 0. The summed E-state index contributed by atoms with van der Waals surface area (Å²) in [5.74, 6) is 1.13. The Labute approximate surface area is 144 Å². The van der Waals surface area contributed by atoms with Crippen LogP contribution in [0.1, 0.15) is 45.6 Å². The molecule has 4 heteroatoms. The lowest BCUT2D eigenvalue weighted by Gasteiger charge is -2.39. The molecule has 0 heterocycles. The third-order valence-corrected chi connectivity index (χ3v) is 7.63. The van der Waals surface area contributed by atoms with Gasteiger partial charge in [0.15, 0.2) is 0 Å². The first-order valence-corrected chi connectivity index (χ1v) is 9.24. The number of aromatic hydroxyl groups is 1. The van der Waals surface area contributed by atoms with Gasteiger partial charge >= 0.3 is 0 Å². The SMILES string of the molecule is CC1(C)C2CCC1(C)C(NCc1cc(Br)c(O)c(Br)c1)C2. The molecule has 0 spiro atoms. The van der Waals surface area contributed by atoms with Gasteiger partial charge < -0.3 is 10.4 Å². The van der Waals surface area contributed by atoms with Crippen molar-refractivity contribution in [3.63, 3.8) is 0 Å². The maximum Gasteiger partial charge on any atom is 0.143 e. The summed E-state index contributed by atoms with van der Waals surface area (Å²) in [5.41, 5.74) is 2.04. The first kappa shape index (κ1) is 15.8. The van der Waals surface area contributed by atoms with E-state index >= 15 is 0 Å². The first-order chi connectivity index (χ1) is 9.75. The van der Waals surface area contributed by atoms with E-state index < -0.39 is 0 Å². The quantitative estimate of drug-likeness (QED) is 0.707. The van der Waals surface area contributed by atoms with Crippen LogP contribution in [0.15, 0.2) is 21.1 Å². The van der Waals surface area contributed by atoms with Crippen molar-refractivity contribution >= 4 is 31.9 Å². The summed E-state index contributed by atoms with van der Waals surface area (Å²) in [6.45, 7) is 8.20. The van der Waals surface area contributed by atoms with Crippen molar-refractivity contribution in [2.24, 2.45) is 16.7 Å². The summed E-state index contributed by atoms with van der Waals surface area (Å²) in [7, 11) is 0. The summed E-state index contributed by atoms with van der Waals surface area (Å²) in [5, 5.41) is 13.6. The molecule has 2 aliphatic rings. The highest BCUT2D eigenvalue weighted by Crippen LogP contribution is 2.65. The third kappa shape index (κ3) is 2.38. The van der Waals surface area contributed by atoms with E-state index in [4.69, 9.17) is 0 Å². The summed E-state index contributed by atoms with van der Waals surface area (Å²) < 4.78 is 1.49. The van der Waals surface area contributed by atoms with Crippen molar-refractivity contribution < 1.29 is 5.11 Å². The Hall–Kier alpha value is -0.0600. The molecule has 0 aliphatic heterocycles. The number of rotatable bonds is 3. The van der Waals surface area contributed by atoms with Gasteiger partial charge in [-0.3, -0.25) is 0 Å². The van der Waals surface area contributed by atoms with E-state index in [-0.39, 0.29) is 5.75 Å². The molecule has 2 fully saturated rings.